The fourth-order valence-corrected chi connectivity index (χ4v) is 3.44. The van der Waals surface area contributed by atoms with Crippen molar-refractivity contribution in [3.8, 4) is 17.2 Å². The van der Waals surface area contributed by atoms with Gasteiger partial charge in [0.25, 0.3) is 5.91 Å². The maximum atomic E-state index is 12.2. The number of carbonyl (C=O) groups excluding carboxylic acids is 1. The highest BCUT2D eigenvalue weighted by Gasteiger charge is 2.11. The fraction of sp³-hybridized carbons (Fsp3) is 0.333. The second-order valence-corrected chi connectivity index (χ2v) is 7.10. The third-order valence-corrected chi connectivity index (χ3v) is 4.81. The SMILES string of the molecule is CCCCOc1ccc2nc(NC(=O)COc3ccccc3OCC)sc2c1. The molecular formula is C21H24N2O4S. The number of benzene rings is 2. The van der Waals surface area contributed by atoms with Gasteiger partial charge in [-0.25, -0.2) is 4.98 Å². The van der Waals surface area contributed by atoms with Crippen molar-refractivity contribution < 1.29 is 19.0 Å². The first kappa shape index (κ1) is 19.9. The Morgan fingerprint density at radius 1 is 1.07 bits per heavy atom. The van der Waals surface area contributed by atoms with E-state index in [0.29, 0.717) is 29.8 Å². The van der Waals surface area contributed by atoms with Crippen molar-refractivity contribution >= 4 is 32.6 Å². The number of nitrogens with zero attached hydrogens (tertiary/aromatic N) is 1. The van der Waals surface area contributed by atoms with E-state index in [1.54, 1.807) is 6.07 Å². The molecule has 3 rings (SSSR count). The van der Waals surface area contributed by atoms with Gasteiger partial charge in [0.1, 0.15) is 5.75 Å². The van der Waals surface area contributed by atoms with E-state index >= 15 is 0 Å². The van der Waals surface area contributed by atoms with Gasteiger partial charge in [-0.05, 0) is 43.7 Å². The molecule has 0 aliphatic rings. The second-order valence-electron chi connectivity index (χ2n) is 6.07. The monoisotopic (exact) mass is 400 g/mol. The summed E-state index contributed by atoms with van der Waals surface area (Å²) in [6.07, 6.45) is 2.12. The summed E-state index contributed by atoms with van der Waals surface area (Å²) in [6.45, 7) is 5.14. The number of nitrogens with one attached hydrogen (secondary N) is 1. The van der Waals surface area contributed by atoms with Gasteiger partial charge in [-0.1, -0.05) is 36.8 Å². The zero-order valence-electron chi connectivity index (χ0n) is 16.1. The predicted molar refractivity (Wildman–Crippen MR) is 112 cm³/mol. The van der Waals surface area contributed by atoms with E-state index in [-0.39, 0.29) is 12.5 Å². The Bertz CT molecular complexity index is 926. The Morgan fingerprint density at radius 2 is 1.86 bits per heavy atom. The lowest BCUT2D eigenvalue weighted by atomic mass is 10.3. The molecule has 0 saturated carbocycles. The maximum absolute atomic E-state index is 12.2. The Balaban J connectivity index is 1.58. The molecule has 0 aliphatic heterocycles. The van der Waals surface area contributed by atoms with Crippen molar-refractivity contribution in [3.05, 3.63) is 42.5 Å². The Labute approximate surface area is 168 Å². The Morgan fingerprint density at radius 3 is 2.61 bits per heavy atom. The Kier molecular flexibility index (Phi) is 7.08. The molecule has 0 fully saturated rings. The molecule has 0 unspecified atom stereocenters. The molecule has 0 aliphatic carbocycles. The lowest BCUT2D eigenvalue weighted by molar-refractivity contribution is -0.118. The van der Waals surface area contributed by atoms with Crippen molar-refractivity contribution in [2.75, 3.05) is 25.1 Å². The lowest BCUT2D eigenvalue weighted by Gasteiger charge is -2.10. The van der Waals surface area contributed by atoms with Crippen molar-refractivity contribution in [2.45, 2.75) is 26.7 Å². The number of fused-ring (bicyclic) bond motifs is 1. The van der Waals surface area contributed by atoms with E-state index in [9.17, 15) is 4.79 Å². The van der Waals surface area contributed by atoms with E-state index in [1.807, 2.05) is 43.3 Å². The Hall–Kier alpha value is -2.80. The highest BCUT2D eigenvalue weighted by molar-refractivity contribution is 7.22. The molecule has 0 spiro atoms. The van der Waals surface area contributed by atoms with Crippen LogP contribution in [0.5, 0.6) is 17.2 Å². The van der Waals surface area contributed by atoms with Crippen LogP contribution >= 0.6 is 11.3 Å². The summed E-state index contributed by atoms with van der Waals surface area (Å²) >= 11 is 1.41. The van der Waals surface area contributed by atoms with Gasteiger partial charge in [0, 0.05) is 0 Å². The molecule has 0 bridgehead atoms. The molecule has 6 nitrogen and oxygen atoms in total. The van der Waals surface area contributed by atoms with Crippen LogP contribution in [0.25, 0.3) is 10.2 Å². The first-order valence-corrected chi connectivity index (χ1v) is 10.2. The summed E-state index contributed by atoms with van der Waals surface area (Å²) < 4.78 is 17.8. The molecule has 3 aromatic rings. The normalized spacial score (nSPS) is 10.6. The summed E-state index contributed by atoms with van der Waals surface area (Å²) in [7, 11) is 0. The molecule has 148 valence electrons. The van der Waals surface area contributed by atoms with E-state index in [0.717, 1.165) is 28.8 Å². The van der Waals surface area contributed by atoms with Gasteiger partial charge in [-0.15, -0.1) is 0 Å². The number of anilines is 1. The average molecular weight is 401 g/mol. The summed E-state index contributed by atoms with van der Waals surface area (Å²) in [5.74, 6) is 1.70. The highest BCUT2D eigenvalue weighted by atomic mass is 32.1. The quantitative estimate of drug-likeness (QED) is 0.491. The molecule has 1 heterocycles. The molecule has 0 saturated heterocycles. The standard InChI is InChI=1S/C21H24N2O4S/c1-3-5-12-26-15-10-11-16-19(13-15)28-21(22-16)23-20(24)14-27-18-9-7-6-8-17(18)25-4-2/h6-11,13H,3-5,12,14H2,1-2H3,(H,22,23,24). The summed E-state index contributed by atoms with van der Waals surface area (Å²) in [6, 6.07) is 13.0. The van der Waals surface area contributed by atoms with Crippen LogP contribution in [0.3, 0.4) is 0 Å². The molecule has 0 radical (unpaired) electrons. The first-order chi connectivity index (χ1) is 13.7. The van der Waals surface area contributed by atoms with E-state index in [2.05, 4.69) is 17.2 Å². The van der Waals surface area contributed by atoms with Gasteiger partial charge in [0.2, 0.25) is 0 Å². The zero-order chi connectivity index (χ0) is 19.8. The molecule has 1 N–H and O–H groups in total. The van der Waals surface area contributed by atoms with Crippen molar-refractivity contribution in [2.24, 2.45) is 0 Å². The summed E-state index contributed by atoms with van der Waals surface area (Å²) in [4.78, 5) is 16.7. The maximum Gasteiger partial charge on any atom is 0.264 e. The topological polar surface area (TPSA) is 69.7 Å². The molecule has 0 atom stereocenters. The van der Waals surface area contributed by atoms with E-state index < -0.39 is 0 Å². The second kappa shape index (κ2) is 9.94. The molecule has 2 aromatic carbocycles. The van der Waals surface area contributed by atoms with Gasteiger partial charge in [0.15, 0.2) is 23.2 Å². The minimum Gasteiger partial charge on any atom is -0.494 e. The van der Waals surface area contributed by atoms with Crippen LogP contribution < -0.4 is 19.5 Å². The number of hydrogen-bond donors (Lipinski definition) is 1. The third kappa shape index (κ3) is 5.36. The number of rotatable bonds is 10. The number of para-hydroxylation sites is 2. The van der Waals surface area contributed by atoms with Crippen molar-refractivity contribution in [1.29, 1.82) is 0 Å². The average Bonchev–Trinajstić information content (AvgIpc) is 3.09. The molecule has 1 amide bonds. The van der Waals surface area contributed by atoms with Gasteiger partial charge >= 0.3 is 0 Å². The van der Waals surface area contributed by atoms with Crippen LogP contribution in [0, 0.1) is 0 Å². The van der Waals surface area contributed by atoms with Gasteiger partial charge in [0.05, 0.1) is 23.4 Å². The van der Waals surface area contributed by atoms with Crippen LogP contribution in [0.2, 0.25) is 0 Å². The fourth-order valence-electron chi connectivity index (χ4n) is 2.53. The summed E-state index contributed by atoms with van der Waals surface area (Å²) in [5.41, 5.74) is 0.825. The molecule has 1 aromatic heterocycles. The van der Waals surface area contributed by atoms with Crippen LogP contribution in [0.15, 0.2) is 42.5 Å². The number of ether oxygens (including phenoxy) is 3. The number of unbranched alkanes of at least 4 members (excludes halogenated alkanes) is 1. The van der Waals surface area contributed by atoms with E-state index in [4.69, 9.17) is 14.2 Å². The van der Waals surface area contributed by atoms with Crippen LogP contribution in [-0.4, -0.2) is 30.7 Å². The van der Waals surface area contributed by atoms with Crippen LogP contribution in [-0.2, 0) is 4.79 Å². The highest BCUT2D eigenvalue weighted by Crippen LogP contribution is 2.30. The lowest BCUT2D eigenvalue weighted by Crippen LogP contribution is -2.20. The van der Waals surface area contributed by atoms with Gasteiger partial charge in [-0.2, -0.15) is 0 Å². The third-order valence-electron chi connectivity index (χ3n) is 3.88. The van der Waals surface area contributed by atoms with Crippen LogP contribution in [0.1, 0.15) is 26.7 Å². The van der Waals surface area contributed by atoms with Crippen molar-refractivity contribution in [1.82, 2.24) is 4.98 Å². The minimum atomic E-state index is -0.273. The first-order valence-electron chi connectivity index (χ1n) is 9.37. The molecule has 7 heteroatoms. The molecule has 28 heavy (non-hydrogen) atoms. The smallest absolute Gasteiger partial charge is 0.264 e. The number of amides is 1. The van der Waals surface area contributed by atoms with Gasteiger partial charge in [-0.3, -0.25) is 10.1 Å². The largest absolute Gasteiger partial charge is 0.494 e. The predicted octanol–water partition coefficient (Wildman–Crippen LogP) is 4.89. The van der Waals surface area contributed by atoms with Gasteiger partial charge < -0.3 is 14.2 Å². The number of hydrogen-bond acceptors (Lipinski definition) is 6. The number of aromatic nitrogens is 1. The number of carbonyl (C=O) groups is 1. The number of thiazole rings is 1. The minimum absolute atomic E-state index is 0.120. The van der Waals surface area contributed by atoms with Crippen LogP contribution in [0.4, 0.5) is 5.13 Å². The van der Waals surface area contributed by atoms with Crippen molar-refractivity contribution in [3.63, 3.8) is 0 Å². The zero-order valence-corrected chi connectivity index (χ0v) is 16.9. The summed E-state index contributed by atoms with van der Waals surface area (Å²) in [5, 5.41) is 3.32. The van der Waals surface area contributed by atoms with E-state index in [1.165, 1.54) is 11.3 Å². The molecular weight excluding hydrogens is 376 g/mol.